The summed E-state index contributed by atoms with van der Waals surface area (Å²) in [6.45, 7) is 8.23. The Balaban J connectivity index is 1.40. The number of rotatable bonds is 6. The Morgan fingerprint density at radius 3 is 2.84 bits per heavy atom. The highest BCUT2D eigenvalue weighted by molar-refractivity contribution is 5.78. The molecular formula is C20H32N4O. The monoisotopic (exact) mass is 344 g/mol. The second-order valence-corrected chi connectivity index (χ2v) is 7.91. The van der Waals surface area contributed by atoms with E-state index in [1.807, 2.05) is 12.3 Å². The Bertz CT molecular complexity index is 569. The summed E-state index contributed by atoms with van der Waals surface area (Å²) in [5, 5.41) is 3.22. The standard InChI is InChI=1S/C20H32N4O/c1-3-19-21-10-8-18(23-19)14-24-11-9-16(13-24)12-22-20(25)17-6-4-15(2)5-7-17/h8,10,15-17H,3-7,9,11-14H2,1-2H3,(H,22,25). The van der Waals surface area contributed by atoms with Gasteiger partial charge in [0.15, 0.2) is 0 Å². The van der Waals surface area contributed by atoms with Crippen LogP contribution >= 0.6 is 0 Å². The van der Waals surface area contributed by atoms with E-state index in [0.717, 1.165) is 69.3 Å². The van der Waals surface area contributed by atoms with Crippen molar-refractivity contribution in [2.45, 2.75) is 58.9 Å². The molecule has 1 aliphatic carbocycles. The largest absolute Gasteiger partial charge is 0.356 e. The molecule has 1 saturated carbocycles. The SMILES string of the molecule is CCc1nccc(CN2CCC(CNC(=O)C3CCC(C)CC3)C2)n1. The molecule has 1 N–H and O–H groups in total. The molecule has 1 aromatic heterocycles. The van der Waals surface area contributed by atoms with Gasteiger partial charge in [-0.3, -0.25) is 9.69 Å². The number of nitrogens with zero attached hydrogens (tertiary/aromatic N) is 3. The lowest BCUT2D eigenvalue weighted by atomic mass is 9.82. The van der Waals surface area contributed by atoms with E-state index >= 15 is 0 Å². The van der Waals surface area contributed by atoms with Gasteiger partial charge in [-0.2, -0.15) is 0 Å². The van der Waals surface area contributed by atoms with Gasteiger partial charge in [-0.1, -0.05) is 13.8 Å². The van der Waals surface area contributed by atoms with E-state index in [2.05, 4.69) is 34.0 Å². The van der Waals surface area contributed by atoms with Crippen LogP contribution < -0.4 is 5.32 Å². The van der Waals surface area contributed by atoms with Gasteiger partial charge in [0.2, 0.25) is 5.91 Å². The van der Waals surface area contributed by atoms with Crippen molar-refractivity contribution in [1.29, 1.82) is 0 Å². The molecule has 0 radical (unpaired) electrons. The van der Waals surface area contributed by atoms with Crippen LogP contribution in [0.25, 0.3) is 0 Å². The van der Waals surface area contributed by atoms with Gasteiger partial charge in [-0.25, -0.2) is 9.97 Å². The predicted molar refractivity (Wildman–Crippen MR) is 98.9 cm³/mol. The van der Waals surface area contributed by atoms with Gasteiger partial charge in [-0.15, -0.1) is 0 Å². The molecule has 2 heterocycles. The summed E-state index contributed by atoms with van der Waals surface area (Å²) in [5.74, 6) is 2.82. The maximum atomic E-state index is 12.4. The van der Waals surface area contributed by atoms with Crippen LogP contribution in [0.15, 0.2) is 12.3 Å². The quantitative estimate of drug-likeness (QED) is 0.862. The number of aromatic nitrogens is 2. The van der Waals surface area contributed by atoms with Crippen molar-refractivity contribution in [3.63, 3.8) is 0 Å². The van der Waals surface area contributed by atoms with Crippen LogP contribution in [0.1, 0.15) is 57.5 Å². The van der Waals surface area contributed by atoms with Crippen LogP contribution in [0.2, 0.25) is 0 Å². The second kappa shape index (κ2) is 8.75. The van der Waals surface area contributed by atoms with Crippen molar-refractivity contribution >= 4 is 5.91 Å². The number of hydrogen-bond acceptors (Lipinski definition) is 4. The highest BCUT2D eigenvalue weighted by Gasteiger charge is 2.27. The molecule has 0 bridgehead atoms. The third-order valence-electron chi connectivity index (χ3n) is 5.79. The van der Waals surface area contributed by atoms with Crippen LogP contribution in [-0.4, -0.2) is 40.4 Å². The first-order chi connectivity index (χ1) is 12.1. The van der Waals surface area contributed by atoms with Gasteiger partial charge in [-0.05, 0) is 56.6 Å². The van der Waals surface area contributed by atoms with E-state index in [0.29, 0.717) is 5.92 Å². The van der Waals surface area contributed by atoms with E-state index in [4.69, 9.17) is 0 Å². The average molecular weight is 345 g/mol. The Morgan fingerprint density at radius 2 is 2.08 bits per heavy atom. The topological polar surface area (TPSA) is 58.1 Å². The van der Waals surface area contributed by atoms with Crippen molar-refractivity contribution in [2.75, 3.05) is 19.6 Å². The van der Waals surface area contributed by atoms with Crippen LogP contribution in [0.3, 0.4) is 0 Å². The first-order valence-corrected chi connectivity index (χ1v) is 9.95. The van der Waals surface area contributed by atoms with Crippen molar-refractivity contribution < 1.29 is 4.79 Å². The molecule has 0 aromatic carbocycles. The molecule has 1 saturated heterocycles. The summed E-state index contributed by atoms with van der Waals surface area (Å²) in [5.41, 5.74) is 1.10. The van der Waals surface area contributed by atoms with Gasteiger partial charge in [0.05, 0.1) is 5.69 Å². The Morgan fingerprint density at radius 1 is 1.28 bits per heavy atom. The number of carbonyl (C=O) groups is 1. The molecule has 138 valence electrons. The van der Waals surface area contributed by atoms with Gasteiger partial charge in [0.25, 0.3) is 0 Å². The lowest BCUT2D eigenvalue weighted by Gasteiger charge is -2.25. The number of amides is 1. The summed E-state index contributed by atoms with van der Waals surface area (Å²) in [4.78, 5) is 23.7. The van der Waals surface area contributed by atoms with Gasteiger partial charge in [0.1, 0.15) is 5.82 Å². The second-order valence-electron chi connectivity index (χ2n) is 7.91. The Kier molecular flexibility index (Phi) is 6.40. The average Bonchev–Trinajstić information content (AvgIpc) is 3.08. The van der Waals surface area contributed by atoms with Gasteiger partial charge >= 0.3 is 0 Å². The van der Waals surface area contributed by atoms with Crippen LogP contribution in [0.5, 0.6) is 0 Å². The molecule has 2 aliphatic rings. The number of likely N-dealkylation sites (tertiary alicyclic amines) is 1. The van der Waals surface area contributed by atoms with Crippen LogP contribution in [-0.2, 0) is 17.8 Å². The Labute approximate surface area is 151 Å². The molecule has 5 heteroatoms. The maximum Gasteiger partial charge on any atom is 0.223 e. The van der Waals surface area contributed by atoms with E-state index in [1.165, 1.54) is 12.8 Å². The predicted octanol–water partition coefficient (Wildman–Crippen LogP) is 2.80. The number of hydrogen-bond donors (Lipinski definition) is 1. The molecule has 2 fully saturated rings. The minimum absolute atomic E-state index is 0.252. The molecule has 3 rings (SSSR count). The molecule has 5 nitrogen and oxygen atoms in total. The summed E-state index contributed by atoms with van der Waals surface area (Å²) in [6, 6.07) is 2.01. The minimum atomic E-state index is 0.252. The van der Waals surface area contributed by atoms with Crippen molar-refractivity contribution in [1.82, 2.24) is 20.2 Å². The summed E-state index contributed by atoms with van der Waals surface area (Å²) in [6.07, 6.45) is 8.44. The molecular weight excluding hydrogens is 312 g/mol. The third-order valence-corrected chi connectivity index (χ3v) is 5.79. The lowest BCUT2D eigenvalue weighted by molar-refractivity contribution is -0.126. The highest BCUT2D eigenvalue weighted by atomic mass is 16.1. The molecule has 1 aliphatic heterocycles. The zero-order valence-corrected chi connectivity index (χ0v) is 15.7. The van der Waals surface area contributed by atoms with Crippen LogP contribution in [0, 0.1) is 17.8 Å². The lowest BCUT2D eigenvalue weighted by Crippen LogP contribution is -2.36. The summed E-state index contributed by atoms with van der Waals surface area (Å²) < 4.78 is 0. The third kappa shape index (κ3) is 5.24. The first-order valence-electron chi connectivity index (χ1n) is 9.95. The van der Waals surface area contributed by atoms with E-state index in [1.54, 1.807) is 0 Å². The van der Waals surface area contributed by atoms with Gasteiger partial charge in [0, 0.05) is 38.2 Å². The minimum Gasteiger partial charge on any atom is -0.356 e. The first kappa shape index (κ1) is 18.3. The van der Waals surface area contributed by atoms with Crippen LogP contribution in [0.4, 0.5) is 0 Å². The maximum absolute atomic E-state index is 12.4. The van der Waals surface area contributed by atoms with E-state index in [9.17, 15) is 4.79 Å². The molecule has 1 atom stereocenters. The molecule has 0 spiro atoms. The summed E-state index contributed by atoms with van der Waals surface area (Å²) >= 11 is 0. The van der Waals surface area contributed by atoms with Gasteiger partial charge < -0.3 is 5.32 Å². The fraction of sp³-hybridized carbons (Fsp3) is 0.750. The summed E-state index contributed by atoms with van der Waals surface area (Å²) in [7, 11) is 0. The fourth-order valence-electron chi connectivity index (χ4n) is 4.06. The smallest absolute Gasteiger partial charge is 0.223 e. The van der Waals surface area contributed by atoms with Crippen molar-refractivity contribution in [3.8, 4) is 0 Å². The number of nitrogens with one attached hydrogen (secondary N) is 1. The molecule has 25 heavy (non-hydrogen) atoms. The highest BCUT2D eigenvalue weighted by Crippen LogP contribution is 2.28. The van der Waals surface area contributed by atoms with Crippen molar-refractivity contribution in [2.24, 2.45) is 17.8 Å². The fourth-order valence-corrected chi connectivity index (χ4v) is 4.06. The van der Waals surface area contributed by atoms with E-state index in [-0.39, 0.29) is 11.8 Å². The van der Waals surface area contributed by atoms with Crippen molar-refractivity contribution in [3.05, 3.63) is 23.8 Å². The Hall–Kier alpha value is -1.49. The zero-order valence-electron chi connectivity index (χ0n) is 15.7. The zero-order chi connectivity index (χ0) is 17.6. The number of carbonyl (C=O) groups excluding carboxylic acids is 1. The molecule has 1 amide bonds. The molecule has 1 unspecified atom stereocenters. The molecule has 1 aromatic rings. The van der Waals surface area contributed by atoms with E-state index < -0.39 is 0 Å². The normalized spacial score (nSPS) is 27.4. The number of aryl methyl sites for hydroxylation is 1.